The zero-order valence-electron chi connectivity index (χ0n) is 9.86. The van der Waals surface area contributed by atoms with Gasteiger partial charge in [-0.2, -0.15) is 0 Å². The summed E-state index contributed by atoms with van der Waals surface area (Å²) in [5, 5.41) is 3.32. The van der Waals surface area contributed by atoms with Gasteiger partial charge < -0.3 is 9.88 Å². The van der Waals surface area contributed by atoms with Crippen LogP contribution < -0.4 is 5.32 Å². The predicted octanol–water partition coefficient (Wildman–Crippen LogP) is 3.52. The van der Waals surface area contributed by atoms with Crippen molar-refractivity contribution in [3.8, 4) is 0 Å². The van der Waals surface area contributed by atoms with Crippen molar-refractivity contribution >= 4 is 21.9 Å². The maximum atomic E-state index is 4.31. The molecular weight excluding hydrogens is 278 g/mol. The second-order valence-corrected chi connectivity index (χ2v) is 4.85. The Hall–Kier alpha value is -1.29. The molecule has 0 aliphatic carbocycles. The number of halogens is 1. The summed E-state index contributed by atoms with van der Waals surface area (Å²) in [6, 6.07) is 8.33. The predicted molar refractivity (Wildman–Crippen MR) is 74.3 cm³/mol. The third-order valence-electron chi connectivity index (χ3n) is 2.49. The average molecular weight is 294 g/mol. The number of nitrogens with one attached hydrogen (secondary N) is 1. The van der Waals surface area contributed by atoms with Crippen LogP contribution in [0, 0.1) is 0 Å². The molecule has 2 rings (SSSR count). The molecule has 0 amide bonds. The van der Waals surface area contributed by atoms with Crippen molar-refractivity contribution in [1.82, 2.24) is 9.55 Å². The van der Waals surface area contributed by atoms with Crippen LogP contribution in [0.2, 0.25) is 0 Å². The zero-order chi connectivity index (χ0) is 12.1. The van der Waals surface area contributed by atoms with Gasteiger partial charge >= 0.3 is 0 Å². The summed E-state index contributed by atoms with van der Waals surface area (Å²) < 4.78 is 3.23. The van der Waals surface area contributed by atoms with E-state index in [4.69, 9.17) is 0 Å². The zero-order valence-corrected chi connectivity index (χ0v) is 11.4. The van der Waals surface area contributed by atoms with Crippen molar-refractivity contribution in [1.29, 1.82) is 0 Å². The van der Waals surface area contributed by atoms with Crippen LogP contribution in [0.25, 0.3) is 0 Å². The minimum Gasteiger partial charge on any atom is -0.356 e. The highest BCUT2D eigenvalue weighted by molar-refractivity contribution is 9.10. The molecule has 17 heavy (non-hydrogen) atoms. The van der Waals surface area contributed by atoms with Gasteiger partial charge in [0.25, 0.3) is 0 Å². The second kappa shape index (κ2) is 5.87. The van der Waals surface area contributed by atoms with Crippen LogP contribution in [-0.2, 0) is 6.54 Å². The fourth-order valence-electron chi connectivity index (χ4n) is 1.67. The lowest BCUT2D eigenvalue weighted by molar-refractivity contribution is 0.792. The Morgan fingerprint density at radius 3 is 3.06 bits per heavy atom. The molecule has 90 valence electrons. The first kappa shape index (κ1) is 12.2. The van der Waals surface area contributed by atoms with E-state index in [1.165, 1.54) is 5.56 Å². The van der Waals surface area contributed by atoms with Crippen LogP contribution in [0.3, 0.4) is 0 Å². The maximum Gasteiger partial charge on any atom is 0.203 e. The molecule has 0 aliphatic rings. The van der Waals surface area contributed by atoms with Crippen molar-refractivity contribution in [2.24, 2.45) is 0 Å². The largest absolute Gasteiger partial charge is 0.356 e. The summed E-state index contributed by atoms with van der Waals surface area (Å²) in [7, 11) is 0. The average Bonchev–Trinajstić information content (AvgIpc) is 2.74. The van der Waals surface area contributed by atoms with Crippen molar-refractivity contribution < 1.29 is 0 Å². The van der Waals surface area contributed by atoms with E-state index < -0.39 is 0 Å². The van der Waals surface area contributed by atoms with Gasteiger partial charge in [0.05, 0.1) is 6.54 Å². The van der Waals surface area contributed by atoms with Crippen molar-refractivity contribution in [2.75, 3.05) is 11.9 Å². The molecule has 3 nitrogen and oxygen atoms in total. The Kier molecular flexibility index (Phi) is 4.20. The Balaban J connectivity index is 2.10. The summed E-state index contributed by atoms with van der Waals surface area (Å²) in [5.74, 6) is 0.937. The SMILES string of the molecule is CCCNc1nccn1Cc1cccc(Br)c1. The second-order valence-electron chi connectivity index (χ2n) is 3.94. The lowest BCUT2D eigenvalue weighted by Crippen LogP contribution is -2.08. The fourth-order valence-corrected chi connectivity index (χ4v) is 2.12. The topological polar surface area (TPSA) is 29.9 Å². The van der Waals surface area contributed by atoms with Crippen LogP contribution in [-0.4, -0.2) is 16.1 Å². The molecule has 0 atom stereocenters. The highest BCUT2D eigenvalue weighted by atomic mass is 79.9. The Morgan fingerprint density at radius 2 is 2.29 bits per heavy atom. The molecular formula is C13H16BrN3. The molecule has 1 aromatic heterocycles. The quantitative estimate of drug-likeness (QED) is 0.914. The molecule has 0 saturated carbocycles. The van der Waals surface area contributed by atoms with Crippen LogP contribution in [0.1, 0.15) is 18.9 Å². The first-order valence-corrected chi connectivity index (χ1v) is 6.58. The third-order valence-corrected chi connectivity index (χ3v) is 2.98. The van der Waals surface area contributed by atoms with Gasteiger partial charge in [-0.1, -0.05) is 35.0 Å². The smallest absolute Gasteiger partial charge is 0.203 e. The molecule has 0 aliphatic heterocycles. The van der Waals surface area contributed by atoms with Crippen molar-refractivity contribution in [3.05, 3.63) is 46.7 Å². The molecule has 1 N–H and O–H groups in total. The minimum absolute atomic E-state index is 0.839. The van der Waals surface area contributed by atoms with Gasteiger partial charge in [-0.15, -0.1) is 0 Å². The van der Waals surface area contributed by atoms with E-state index in [1.807, 2.05) is 18.5 Å². The normalized spacial score (nSPS) is 10.5. The molecule has 0 fully saturated rings. The van der Waals surface area contributed by atoms with E-state index in [0.717, 1.165) is 29.9 Å². The molecule has 0 unspecified atom stereocenters. The highest BCUT2D eigenvalue weighted by Crippen LogP contribution is 2.14. The van der Waals surface area contributed by atoms with Crippen LogP contribution >= 0.6 is 15.9 Å². The minimum atomic E-state index is 0.839. The molecule has 4 heteroatoms. The van der Waals surface area contributed by atoms with E-state index in [0.29, 0.717) is 0 Å². The number of rotatable bonds is 5. The lowest BCUT2D eigenvalue weighted by Gasteiger charge is -2.09. The van der Waals surface area contributed by atoms with Crippen LogP contribution in [0.15, 0.2) is 41.1 Å². The molecule has 2 aromatic rings. The molecule has 0 saturated heterocycles. The summed E-state index contributed by atoms with van der Waals surface area (Å²) in [6.07, 6.45) is 4.93. The summed E-state index contributed by atoms with van der Waals surface area (Å²) >= 11 is 3.49. The van der Waals surface area contributed by atoms with Gasteiger partial charge in [0.2, 0.25) is 5.95 Å². The number of hydrogen-bond donors (Lipinski definition) is 1. The van der Waals surface area contributed by atoms with E-state index in [2.05, 4.69) is 55.9 Å². The van der Waals surface area contributed by atoms with Gasteiger partial charge in [0.1, 0.15) is 0 Å². The fraction of sp³-hybridized carbons (Fsp3) is 0.308. The number of imidazole rings is 1. The van der Waals surface area contributed by atoms with E-state index in [1.54, 1.807) is 0 Å². The number of anilines is 1. The number of hydrogen-bond acceptors (Lipinski definition) is 2. The molecule has 0 bridgehead atoms. The van der Waals surface area contributed by atoms with E-state index >= 15 is 0 Å². The Morgan fingerprint density at radius 1 is 1.41 bits per heavy atom. The van der Waals surface area contributed by atoms with Crippen LogP contribution in [0.5, 0.6) is 0 Å². The monoisotopic (exact) mass is 293 g/mol. The van der Waals surface area contributed by atoms with E-state index in [9.17, 15) is 0 Å². The van der Waals surface area contributed by atoms with Gasteiger partial charge in [-0.3, -0.25) is 0 Å². The Bertz CT molecular complexity index is 479. The third kappa shape index (κ3) is 3.33. The first-order valence-electron chi connectivity index (χ1n) is 5.79. The van der Waals surface area contributed by atoms with Gasteiger partial charge in [0, 0.05) is 23.4 Å². The lowest BCUT2D eigenvalue weighted by atomic mass is 10.2. The summed E-state index contributed by atoms with van der Waals surface area (Å²) in [6.45, 7) is 3.94. The van der Waals surface area contributed by atoms with Gasteiger partial charge in [-0.05, 0) is 24.1 Å². The molecule has 0 spiro atoms. The number of nitrogens with zero attached hydrogens (tertiary/aromatic N) is 2. The van der Waals surface area contributed by atoms with Gasteiger partial charge in [-0.25, -0.2) is 4.98 Å². The number of benzene rings is 1. The van der Waals surface area contributed by atoms with E-state index in [-0.39, 0.29) is 0 Å². The molecule has 1 aromatic carbocycles. The summed E-state index contributed by atoms with van der Waals surface area (Å²) in [5.41, 5.74) is 1.26. The Labute approximate surface area is 110 Å². The van der Waals surface area contributed by atoms with Gasteiger partial charge in [0.15, 0.2) is 0 Å². The van der Waals surface area contributed by atoms with Crippen molar-refractivity contribution in [3.63, 3.8) is 0 Å². The number of aromatic nitrogens is 2. The summed E-state index contributed by atoms with van der Waals surface area (Å²) in [4.78, 5) is 4.31. The standard InChI is InChI=1S/C13H16BrN3/c1-2-6-15-13-16-7-8-17(13)10-11-4-3-5-12(14)9-11/h3-5,7-9H,2,6,10H2,1H3,(H,15,16). The highest BCUT2D eigenvalue weighted by Gasteiger charge is 2.02. The first-order chi connectivity index (χ1) is 8.29. The molecule has 0 radical (unpaired) electrons. The maximum absolute atomic E-state index is 4.31. The van der Waals surface area contributed by atoms with Crippen LogP contribution in [0.4, 0.5) is 5.95 Å². The van der Waals surface area contributed by atoms with Crippen molar-refractivity contribution in [2.45, 2.75) is 19.9 Å². The molecule has 1 heterocycles.